The van der Waals surface area contributed by atoms with Gasteiger partial charge in [0, 0.05) is 59.7 Å². The zero-order valence-electron chi connectivity index (χ0n) is 26.7. The van der Waals surface area contributed by atoms with Crippen LogP contribution < -0.4 is 51.1 Å². The molecule has 0 bridgehead atoms. The molecule has 0 aromatic heterocycles. The van der Waals surface area contributed by atoms with Crippen molar-refractivity contribution in [2.75, 3.05) is 0 Å². The summed E-state index contributed by atoms with van der Waals surface area (Å²) in [5, 5.41) is 88.9. The molecular formula is C20H30Ca5O20. The third-order valence-electron chi connectivity index (χ3n) is 0. The van der Waals surface area contributed by atoms with E-state index in [1.165, 1.54) is 0 Å². The van der Waals surface area contributed by atoms with Crippen molar-refractivity contribution < 1.29 is 99.0 Å². The standard InChI is InChI=1S/10C2H4O2.5Ca/c10*1-2(3)4;;;;;/h10*1H3,(H,3,4);;;;;/q;;;;;;;;;;5*+2/p-10. The van der Waals surface area contributed by atoms with Gasteiger partial charge in [-0.2, -0.15) is 0 Å². The van der Waals surface area contributed by atoms with Gasteiger partial charge in [-0.1, -0.05) is 0 Å². The second kappa shape index (κ2) is 90.7. The summed E-state index contributed by atoms with van der Waals surface area (Å²) in [7, 11) is 0. The molecule has 0 N–H and O–H groups in total. The van der Waals surface area contributed by atoms with E-state index in [4.69, 9.17) is 99.0 Å². The average molecular weight is 791 g/mol. The number of rotatable bonds is 0. The molecule has 25 heteroatoms. The van der Waals surface area contributed by atoms with Crippen molar-refractivity contribution in [3.05, 3.63) is 0 Å². The SMILES string of the molecule is CC(=O)[O-].CC(=O)[O-].CC(=O)[O-].CC(=O)[O-].CC(=O)[O-].CC(=O)[O-].CC(=O)[O-].CC(=O)[O-].CC(=O)[O-].CC(=O)[O-].[Ca+2].[Ca+2].[Ca+2].[Ca+2].[Ca+2]. The molecule has 0 amide bonds. The molecule has 0 spiro atoms. The largest absolute Gasteiger partial charge is 2.00 e. The van der Waals surface area contributed by atoms with Crippen LogP contribution in [-0.2, 0) is 47.9 Å². The maximum Gasteiger partial charge on any atom is 2.00 e. The van der Waals surface area contributed by atoms with Crippen molar-refractivity contribution in [1.82, 2.24) is 0 Å². The molecule has 240 valence electrons. The summed E-state index contributed by atoms with van der Waals surface area (Å²) < 4.78 is 0. The summed E-state index contributed by atoms with van der Waals surface area (Å²) >= 11 is 0. The van der Waals surface area contributed by atoms with E-state index in [2.05, 4.69) is 0 Å². The van der Waals surface area contributed by atoms with Crippen molar-refractivity contribution in [2.24, 2.45) is 0 Å². The Labute approximate surface area is 409 Å². The molecule has 0 radical (unpaired) electrons. The minimum absolute atomic E-state index is 0. The molecule has 0 saturated carbocycles. The van der Waals surface area contributed by atoms with Crippen LogP contribution in [0.2, 0.25) is 0 Å². The fourth-order valence-electron chi connectivity index (χ4n) is 0. The fraction of sp³-hybridized carbons (Fsp3) is 0.500. The van der Waals surface area contributed by atoms with Gasteiger partial charge in [-0.05, 0) is 69.2 Å². The van der Waals surface area contributed by atoms with Gasteiger partial charge in [0.1, 0.15) is 0 Å². The van der Waals surface area contributed by atoms with E-state index in [1.54, 1.807) is 0 Å². The first kappa shape index (κ1) is 96.9. The predicted octanol–water partition coefficient (Wildman–Crippen LogP) is -14.3. The number of carbonyl (C=O) groups excluding carboxylic acids is 10. The van der Waals surface area contributed by atoms with Crippen LogP contribution in [-0.4, -0.2) is 248 Å². The third kappa shape index (κ3) is 83400. The van der Waals surface area contributed by atoms with E-state index in [9.17, 15) is 0 Å². The summed E-state index contributed by atoms with van der Waals surface area (Å²) in [5.74, 6) is -10.8. The van der Waals surface area contributed by atoms with Gasteiger partial charge in [0.25, 0.3) is 0 Å². The van der Waals surface area contributed by atoms with E-state index >= 15 is 0 Å². The third-order valence-corrected chi connectivity index (χ3v) is 0. The second-order valence-electron chi connectivity index (χ2n) is 4.92. The first-order chi connectivity index (χ1) is 17.3. The van der Waals surface area contributed by atoms with Crippen LogP contribution in [0.4, 0.5) is 0 Å². The maximum absolute atomic E-state index is 8.89. The monoisotopic (exact) mass is 790 g/mol. The van der Waals surface area contributed by atoms with Gasteiger partial charge < -0.3 is 99.0 Å². The maximum atomic E-state index is 8.89. The molecule has 20 nitrogen and oxygen atoms in total. The van der Waals surface area contributed by atoms with E-state index in [1.807, 2.05) is 0 Å². The van der Waals surface area contributed by atoms with Crippen LogP contribution in [0.15, 0.2) is 0 Å². The molecule has 0 rings (SSSR count). The molecule has 0 aromatic carbocycles. The zero-order valence-corrected chi connectivity index (χ0v) is 37.7. The Bertz CT molecular complexity index is 492. The Morgan fingerprint density at radius 3 is 0.200 bits per heavy atom. The van der Waals surface area contributed by atoms with Crippen molar-refractivity contribution in [3.8, 4) is 0 Å². The van der Waals surface area contributed by atoms with E-state index in [0.29, 0.717) is 0 Å². The summed E-state index contributed by atoms with van der Waals surface area (Å²) in [6.45, 7) is 9.72. The van der Waals surface area contributed by atoms with Gasteiger partial charge in [0.2, 0.25) is 0 Å². The molecule has 0 atom stereocenters. The van der Waals surface area contributed by atoms with Crippen LogP contribution in [0.5, 0.6) is 0 Å². The number of carbonyl (C=O) groups is 10. The fourth-order valence-corrected chi connectivity index (χ4v) is 0. The van der Waals surface area contributed by atoms with E-state index in [-0.39, 0.29) is 189 Å². The summed E-state index contributed by atoms with van der Waals surface area (Å²) in [6.07, 6.45) is 0. The molecule has 0 unspecified atom stereocenters. The summed E-state index contributed by atoms with van der Waals surface area (Å²) in [5.41, 5.74) is 0. The van der Waals surface area contributed by atoms with Crippen LogP contribution in [0.3, 0.4) is 0 Å². The normalized spacial score (nSPS) is 5.56. The average Bonchev–Trinajstić information content (AvgIpc) is 2.47. The summed E-state index contributed by atoms with van der Waals surface area (Å²) in [4.78, 5) is 88.9. The molecule has 0 aliphatic heterocycles. The van der Waals surface area contributed by atoms with Crippen molar-refractivity contribution in [2.45, 2.75) is 69.2 Å². The van der Waals surface area contributed by atoms with Gasteiger partial charge in [-0.3, -0.25) is 0 Å². The Hall–Kier alpha value is 0.999. The molecule has 0 saturated heterocycles. The van der Waals surface area contributed by atoms with E-state index < -0.39 is 59.7 Å². The second-order valence-corrected chi connectivity index (χ2v) is 4.92. The van der Waals surface area contributed by atoms with Crippen molar-refractivity contribution in [1.29, 1.82) is 0 Å². The van der Waals surface area contributed by atoms with E-state index in [0.717, 1.165) is 69.2 Å². The van der Waals surface area contributed by atoms with Crippen molar-refractivity contribution >= 4 is 248 Å². The Kier molecular flexibility index (Phi) is 195. The summed E-state index contributed by atoms with van der Waals surface area (Å²) in [6, 6.07) is 0. The topological polar surface area (TPSA) is 401 Å². The van der Waals surface area contributed by atoms with Crippen LogP contribution in [0.1, 0.15) is 69.2 Å². The van der Waals surface area contributed by atoms with Gasteiger partial charge >= 0.3 is 189 Å². The van der Waals surface area contributed by atoms with Gasteiger partial charge in [0.05, 0.1) is 0 Å². The zero-order chi connectivity index (χ0) is 35.8. The first-order valence-electron chi connectivity index (χ1n) is 9.08. The molecule has 45 heavy (non-hydrogen) atoms. The minimum Gasteiger partial charge on any atom is -0.550 e. The Morgan fingerprint density at radius 1 is 0.200 bits per heavy atom. The molecule has 0 heterocycles. The smallest absolute Gasteiger partial charge is 0.550 e. The first-order valence-corrected chi connectivity index (χ1v) is 9.08. The molecular weight excluding hydrogens is 761 g/mol. The van der Waals surface area contributed by atoms with Crippen LogP contribution in [0.25, 0.3) is 0 Å². The van der Waals surface area contributed by atoms with Gasteiger partial charge in [-0.25, -0.2) is 0 Å². The Morgan fingerprint density at radius 2 is 0.200 bits per heavy atom. The molecule has 0 aliphatic rings. The van der Waals surface area contributed by atoms with Gasteiger partial charge in [0.15, 0.2) is 0 Å². The number of aliphatic carboxylic acids is 10. The minimum atomic E-state index is -1.08. The molecule has 0 aliphatic carbocycles. The van der Waals surface area contributed by atoms with Crippen LogP contribution >= 0.6 is 0 Å². The quantitative estimate of drug-likeness (QED) is 0.206. The number of carboxylic acids is 10. The Balaban J connectivity index is -0.0000000169. The number of hydrogen-bond acceptors (Lipinski definition) is 20. The van der Waals surface area contributed by atoms with Crippen LogP contribution in [0, 0.1) is 0 Å². The number of carboxylic acid groups (broad SMARTS) is 10. The van der Waals surface area contributed by atoms with Crippen molar-refractivity contribution in [3.63, 3.8) is 0 Å². The predicted molar refractivity (Wildman–Crippen MR) is 136 cm³/mol. The number of hydrogen-bond donors (Lipinski definition) is 0. The molecule has 0 aromatic rings. The van der Waals surface area contributed by atoms with Gasteiger partial charge in [-0.15, -0.1) is 0 Å². The molecule has 0 fully saturated rings.